The van der Waals surface area contributed by atoms with E-state index in [2.05, 4.69) is 11.0 Å². The summed E-state index contributed by atoms with van der Waals surface area (Å²) in [6.45, 7) is 7.06. The van der Waals surface area contributed by atoms with Crippen LogP contribution in [0.15, 0.2) is 0 Å². The fourth-order valence-corrected chi connectivity index (χ4v) is 1.68. The second-order valence-electron chi connectivity index (χ2n) is 4.18. The van der Waals surface area contributed by atoms with Gasteiger partial charge in [-0.1, -0.05) is 0 Å². The van der Waals surface area contributed by atoms with E-state index >= 15 is 0 Å². The first-order chi connectivity index (χ1) is 5.98. The second kappa shape index (κ2) is 3.47. The Bertz CT molecular complexity index is 256. The largest absolute Gasteiger partial charge is 0.298 e. The van der Waals surface area contributed by atoms with Crippen molar-refractivity contribution in [3.8, 4) is 6.07 Å². The van der Waals surface area contributed by atoms with Gasteiger partial charge in [0.1, 0.15) is 5.78 Å². The molecule has 0 aromatic heterocycles. The molecule has 0 bridgehead atoms. The Morgan fingerprint density at radius 2 is 2.31 bits per heavy atom. The van der Waals surface area contributed by atoms with E-state index in [0.29, 0.717) is 0 Å². The number of rotatable bonds is 2. The highest BCUT2D eigenvalue weighted by atomic mass is 16.1. The monoisotopic (exact) mass is 180 g/mol. The number of Topliss-reactive ketones (excluding diaryl/α,β-unsaturated/α-hetero) is 1. The molecular weight excluding hydrogens is 164 g/mol. The predicted octanol–water partition coefficient (Wildman–Crippen LogP) is 1.20. The van der Waals surface area contributed by atoms with Crippen LogP contribution in [0.5, 0.6) is 0 Å². The molecule has 13 heavy (non-hydrogen) atoms. The van der Waals surface area contributed by atoms with Crippen molar-refractivity contribution >= 4 is 5.78 Å². The van der Waals surface area contributed by atoms with Crippen LogP contribution in [-0.4, -0.2) is 29.8 Å². The Morgan fingerprint density at radius 3 is 2.69 bits per heavy atom. The van der Waals surface area contributed by atoms with E-state index in [-0.39, 0.29) is 17.2 Å². The topological polar surface area (TPSA) is 44.1 Å². The van der Waals surface area contributed by atoms with Crippen molar-refractivity contribution < 1.29 is 4.79 Å². The third-order valence-electron chi connectivity index (χ3n) is 2.91. The molecule has 1 fully saturated rings. The first kappa shape index (κ1) is 10.2. The van der Waals surface area contributed by atoms with Gasteiger partial charge in [0.05, 0.1) is 17.5 Å². The van der Waals surface area contributed by atoms with E-state index in [4.69, 9.17) is 5.26 Å². The van der Waals surface area contributed by atoms with E-state index in [1.165, 1.54) is 0 Å². The van der Waals surface area contributed by atoms with Gasteiger partial charge in [0.25, 0.3) is 0 Å². The highest BCUT2D eigenvalue weighted by Gasteiger charge is 2.36. The van der Waals surface area contributed by atoms with Crippen molar-refractivity contribution in [2.45, 2.75) is 33.2 Å². The fraction of sp³-hybridized carbons (Fsp3) is 0.800. The van der Waals surface area contributed by atoms with Crippen molar-refractivity contribution in [3.05, 3.63) is 0 Å². The second-order valence-corrected chi connectivity index (χ2v) is 4.18. The Balaban J connectivity index is 2.61. The molecule has 1 saturated heterocycles. The zero-order valence-electron chi connectivity index (χ0n) is 8.50. The molecule has 2 atom stereocenters. The van der Waals surface area contributed by atoms with Gasteiger partial charge in [-0.3, -0.25) is 9.69 Å². The lowest BCUT2D eigenvalue weighted by Gasteiger charge is -2.22. The van der Waals surface area contributed by atoms with Crippen molar-refractivity contribution in [2.75, 3.05) is 13.1 Å². The number of ketones is 1. The zero-order valence-corrected chi connectivity index (χ0v) is 8.50. The van der Waals surface area contributed by atoms with Gasteiger partial charge in [-0.2, -0.15) is 5.26 Å². The summed E-state index contributed by atoms with van der Waals surface area (Å²) in [4.78, 5) is 13.2. The van der Waals surface area contributed by atoms with Crippen molar-refractivity contribution in [3.63, 3.8) is 0 Å². The maximum Gasteiger partial charge on any atom is 0.146 e. The number of carbonyl (C=O) groups excluding carboxylic acids is 1. The van der Waals surface area contributed by atoms with Gasteiger partial charge in [-0.15, -0.1) is 0 Å². The van der Waals surface area contributed by atoms with E-state index < -0.39 is 0 Å². The van der Waals surface area contributed by atoms with Gasteiger partial charge in [0.2, 0.25) is 0 Å². The first-order valence-electron chi connectivity index (χ1n) is 4.64. The van der Waals surface area contributed by atoms with Crippen LogP contribution in [0.25, 0.3) is 0 Å². The molecule has 1 aliphatic rings. The summed E-state index contributed by atoms with van der Waals surface area (Å²) in [5.74, 6) is 0.183. The lowest BCUT2D eigenvalue weighted by Crippen LogP contribution is -2.37. The highest BCUT2D eigenvalue weighted by Crippen LogP contribution is 2.29. The standard InChI is InChI=1S/C10H16N2O/c1-8(9(2)13)12-5-4-10(3,6-11)7-12/h8H,4-5,7H2,1-3H3. The lowest BCUT2D eigenvalue weighted by atomic mass is 9.92. The summed E-state index contributed by atoms with van der Waals surface area (Å²) >= 11 is 0. The van der Waals surface area contributed by atoms with Crippen LogP contribution in [0, 0.1) is 16.7 Å². The van der Waals surface area contributed by atoms with Crippen LogP contribution >= 0.6 is 0 Å². The maximum absolute atomic E-state index is 11.1. The molecule has 1 aliphatic heterocycles. The van der Waals surface area contributed by atoms with Crippen LogP contribution < -0.4 is 0 Å². The Kier molecular flexibility index (Phi) is 2.72. The molecule has 0 amide bonds. The molecule has 0 radical (unpaired) electrons. The number of nitriles is 1. The zero-order chi connectivity index (χ0) is 10.1. The molecule has 0 N–H and O–H groups in total. The van der Waals surface area contributed by atoms with Crippen LogP contribution in [0.4, 0.5) is 0 Å². The van der Waals surface area contributed by atoms with Gasteiger partial charge in [-0.25, -0.2) is 0 Å². The third-order valence-corrected chi connectivity index (χ3v) is 2.91. The minimum atomic E-state index is -0.246. The normalized spacial score (nSPS) is 31.2. The van der Waals surface area contributed by atoms with E-state index in [0.717, 1.165) is 19.5 Å². The molecular formula is C10H16N2O. The van der Waals surface area contributed by atoms with Crippen molar-refractivity contribution in [2.24, 2.45) is 5.41 Å². The van der Waals surface area contributed by atoms with Gasteiger partial charge < -0.3 is 0 Å². The number of likely N-dealkylation sites (tertiary alicyclic amines) is 1. The number of hydrogen-bond acceptors (Lipinski definition) is 3. The SMILES string of the molecule is CC(=O)C(C)N1CCC(C)(C#N)C1. The van der Waals surface area contributed by atoms with Gasteiger partial charge in [-0.05, 0) is 27.2 Å². The first-order valence-corrected chi connectivity index (χ1v) is 4.64. The van der Waals surface area contributed by atoms with Gasteiger partial charge in [0, 0.05) is 13.1 Å². The quantitative estimate of drug-likeness (QED) is 0.641. The third kappa shape index (κ3) is 2.07. The molecule has 72 valence electrons. The molecule has 0 spiro atoms. The summed E-state index contributed by atoms with van der Waals surface area (Å²) in [5, 5.41) is 8.90. The molecule has 3 heteroatoms. The lowest BCUT2D eigenvalue weighted by molar-refractivity contribution is -0.121. The summed E-state index contributed by atoms with van der Waals surface area (Å²) < 4.78 is 0. The number of carbonyl (C=O) groups is 1. The summed E-state index contributed by atoms with van der Waals surface area (Å²) in [6.07, 6.45) is 0.876. The highest BCUT2D eigenvalue weighted by molar-refractivity contribution is 5.81. The number of nitrogens with zero attached hydrogens (tertiary/aromatic N) is 2. The van der Waals surface area contributed by atoms with Gasteiger partial charge >= 0.3 is 0 Å². The summed E-state index contributed by atoms with van der Waals surface area (Å²) in [7, 11) is 0. The van der Waals surface area contributed by atoms with Crippen LogP contribution in [0.1, 0.15) is 27.2 Å². The fourth-order valence-electron chi connectivity index (χ4n) is 1.68. The molecule has 1 heterocycles. The molecule has 0 aliphatic carbocycles. The summed E-state index contributed by atoms with van der Waals surface area (Å²) in [6, 6.07) is 2.28. The molecule has 0 aromatic rings. The van der Waals surface area contributed by atoms with Crippen molar-refractivity contribution in [1.82, 2.24) is 4.90 Å². The predicted molar refractivity (Wildman–Crippen MR) is 50.1 cm³/mol. The van der Waals surface area contributed by atoms with Crippen LogP contribution in [-0.2, 0) is 4.79 Å². The Hall–Kier alpha value is -0.880. The molecule has 2 unspecified atom stereocenters. The minimum absolute atomic E-state index is 0.0322. The smallest absolute Gasteiger partial charge is 0.146 e. The molecule has 0 aromatic carbocycles. The van der Waals surface area contributed by atoms with Crippen molar-refractivity contribution in [1.29, 1.82) is 5.26 Å². The van der Waals surface area contributed by atoms with E-state index in [9.17, 15) is 4.79 Å². The number of hydrogen-bond donors (Lipinski definition) is 0. The van der Waals surface area contributed by atoms with Gasteiger partial charge in [0.15, 0.2) is 0 Å². The maximum atomic E-state index is 11.1. The van der Waals surface area contributed by atoms with Crippen LogP contribution in [0.3, 0.4) is 0 Å². The molecule has 1 rings (SSSR count). The minimum Gasteiger partial charge on any atom is -0.298 e. The molecule has 3 nitrogen and oxygen atoms in total. The van der Waals surface area contributed by atoms with E-state index in [1.807, 2.05) is 13.8 Å². The average Bonchev–Trinajstić information content (AvgIpc) is 2.47. The average molecular weight is 180 g/mol. The van der Waals surface area contributed by atoms with E-state index in [1.54, 1.807) is 6.92 Å². The molecule has 0 saturated carbocycles. The Morgan fingerprint density at radius 1 is 1.69 bits per heavy atom. The Labute approximate surface area is 79.3 Å². The summed E-state index contributed by atoms with van der Waals surface area (Å²) in [5.41, 5.74) is -0.246. The van der Waals surface area contributed by atoms with Crippen LogP contribution in [0.2, 0.25) is 0 Å².